The van der Waals surface area contributed by atoms with Crippen molar-refractivity contribution in [2.24, 2.45) is 0 Å². The molecule has 0 spiro atoms. The van der Waals surface area contributed by atoms with Crippen molar-refractivity contribution < 1.29 is 14.7 Å². The Hall–Kier alpha value is -2.62. The van der Waals surface area contributed by atoms with Gasteiger partial charge in [0.1, 0.15) is 5.54 Å². The van der Waals surface area contributed by atoms with Crippen LogP contribution in [-0.2, 0) is 17.6 Å². The zero-order chi connectivity index (χ0) is 18.0. The summed E-state index contributed by atoms with van der Waals surface area (Å²) in [7, 11) is 0. The number of carbonyl (C=O) groups is 2. The van der Waals surface area contributed by atoms with Gasteiger partial charge in [0, 0.05) is 24.4 Å². The van der Waals surface area contributed by atoms with Gasteiger partial charge in [0.05, 0.1) is 0 Å². The van der Waals surface area contributed by atoms with Crippen molar-refractivity contribution in [3.05, 3.63) is 71.3 Å². The van der Waals surface area contributed by atoms with E-state index in [-0.39, 0.29) is 11.9 Å². The molecule has 1 unspecified atom stereocenters. The number of fused-ring (bicyclic) bond motifs is 1. The van der Waals surface area contributed by atoms with E-state index in [0.29, 0.717) is 24.8 Å². The van der Waals surface area contributed by atoms with Crippen LogP contribution in [0.25, 0.3) is 0 Å². The van der Waals surface area contributed by atoms with Crippen LogP contribution in [0.15, 0.2) is 54.6 Å². The van der Waals surface area contributed by atoms with Crippen LogP contribution in [0.3, 0.4) is 0 Å². The second-order valence-electron chi connectivity index (χ2n) is 6.76. The first-order valence-electron chi connectivity index (χ1n) is 8.68. The van der Waals surface area contributed by atoms with Crippen molar-refractivity contribution in [3.8, 4) is 0 Å². The molecule has 4 nitrogen and oxygen atoms in total. The molecule has 0 aromatic heterocycles. The second kappa shape index (κ2) is 6.71. The number of carbonyl (C=O) groups excluding carboxylic acids is 1. The van der Waals surface area contributed by atoms with Crippen LogP contribution < -0.4 is 0 Å². The highest BCUT2D eigenvalue weighted by atomic mass is 16.4. The lowest BCUT2D eigenvalue weighted by molar-refractivity contribution is -0.150. The van der Waals surface area contributed by atoms with E-state index in [0.717, 1.165) is 11.1 Å². The van der Waals surface area contributed by atoms with E-state index in [1.54, 1.807) is 29.2 Å². The van der Waals surface area contributed by atoms with Gasteiger partial charge in [-0.25, -0.2) is 4.79 Å². The van der Waals surface area contributed by atoms with Gasteiger partial charge in [-0.3, -0.25) is 4.79 Å². The molecule has 1 aliphatic carbocycles. The van der Waals surface area contributed by atoms with Crippen LogP contribution in [0, 0.1) is 0 Å². The molecule has 2 aromatic carbocycles. The zero-order valence-electron chi connectivity index (χ0n) is 14.6. The number of hydrogen-bond acceptors (Lipinski definition) is 2. The summed E-state index contributed by atoms with van der Waals surface area (Å²) in [6.45, 7) is 3.90. The number of carboxylic acids is 1. The van der Waals surface area contributed by atoms with Crippen molar-refractivity contribution >= 4 is 11.9 Å². The van der Waals surface area contributed by atoms with E-state index in [9.17, 15) is 14.7 Å². The van der Waals surface area contributed by atoms with Gasteiger partial charge in [0.2, 0.25) is 0 Å². The van der Waals surface area contributed by atoms with E-state index in [2.05, 4.69) is 0 Å². The third-order valence-electron chi connectivity index (χ3n) is 5.21. The van der Waals surface area contributed by atoms with Crippen molar-refractivity contribution in [2.75, 3.05) is 0 Å². The quantitative estimate of drug-likeness (QED) is 0.908. The van der Waals surface area contributed by atoms with Crippen molar-refractivity contribution in [1.29, 1.82) is 0 Å². The normalized spacial score (nSPS) is 16.1. The van der Waals surface area contributed by atoms with E-state index < -0.39 is 11.5 Å². The predicted molar refractivity (Wildman–Crippen MR) is 96.6 cm³/mol. The first-order chi connectivity index (χ1) is 12.0. The number of benzene rings is 2. The topological polar surface area (TPSA) is 57.6 Å². The van der Waals surface area contributed by atoms with Crippen LogP contribution >= 0.6 is 0 Å². The molecule has 2 aromatic rings. The molecule has 0 saturated heterocycles. The van der Waals surface area contributed by atoms with Crippen LogP contribution in [0.2, 0.25) is 0 Å². The maximum absolute atomic E-state index is 13.3. The molecule has 0 heterocycles. The molecule has 1 aliphatic rings. The Bertz CT molecular complexity index is 760. The summed E-state index contributed by atoms with van der Waals surface area (Å²) >= 11 is 0. The van der Waals surface area contributed by atoms with Gasteiger partial charge in [-0.1, -0.05) is 49.4 Å². The lowest BCUT2D eigenvalue weighted by Crippen LogP contribution is -2.61. The lowest BCUT2D eigenvalue weighted by atomic mass is 9.90. The molecular weight excluding hydrogens is 314 g/mol. The number of nitrogens with zero attached hydrogens (tertiary/aromatic N) is 1. The largest absolute Gasteiger partial charge is 0.479 e. The third kappa shape index (κ3) is 2.93. The zero-order valence-corrected chi connectivity index (χ0v) is 14.6. The highest BCUT2D eigenvalue weighted by Gasteiger charge is 2.52. The smallest absolute Gasteiger partial charge is 0.330 e. The van der Waals surface area contributed by atoms with Crippen molar-refractivity contribution in [2.45, 2.75) is 44.7 Å². The average molecular weight is 337 g/mol. The van der Waals surface area contributed by atoms with E-state index in [1.165, 1.54) is 0 Å². The maximum Gasteiger partial charge on any atom is 0.330 e. The molecule has 0 radical (unpaired) electrons. The SMILES string of the molecule is CCC(C)N(C(=O)c1ccccc1)C1(C(=O)O)Cc2ccccc2C1. The highest BCUT2D eigenvalue weighted by molar-refractivity contribution is 5.98. The van der Waals surface area contributed by atoms with E-state index in [4.69, 9.17) is 0 Å². The minimum Gasteiger partial charge on any atom is -0.479 e. The molecule has 130 valence electrons. The number of amides is 1. The first-order valence-corrected chi connectivity index (χ1v) is 8.68. The first kappa shape index (κ1) is 17.2. The Morgan fingerprint density at radius 2 is 1.56 bits per heavy atom. The molecule has 1 amide bonds. The molecule has 0 fully saturated rings. The summed E-state index contributed by atoms with van der Waals surface area (Å²) in [5.41, 5.74) is 1.32. The summed E-state index contributed by atoms with van der Waals surface area (Å²) in [4.78, 5) is 27.3. The summed E-state index contributed by atoms with van der Waals surface area (Å²) in [5, 5.41) is 10.2. The van der Waals surface area contributed by atoms with Gasteiger partial charge >= 0.3 is 5.97 Å². The standard InChI is InChI=1S/C21H23NO3/c1-3-15(2)22(19(23)16-9-5-4-6-10-16)21(20(24)25)13-17-11-7-8-12-18(17)14-21/h4-12,15H,3,13-14H2,1-2H3,(H,24,25). The van der Waals surface area contributed by atoms with Gasteiger partial charge in [-0.05, 0) is 36.6 Å². The number of hydrogen-bond donors (Lipinski definition) is 1. The maximum atomic E-state index is 13.3. The van der Waals surface area contributed by atoms with Gasteiger partial charge in [-0.2, -0.15) is 0 Å². The van der Waals surface area contributed by atoms with Gasteiger partial charge in [0.25, 0.3) is 5.91 Å². The molecule has 1 atom stereocenters. The lowest BCUT2D eigenvalue weighted by Gasteiger charge is -2.42. The second-order valence-corrected chi connectivity index (χ2v) is 6.76. The minimum atomic E-state index is -1.23. The summed E-state index contributed by atoms with van der Waals surface area (Å²) in [5.74, 6) is -1.15. The minimum absolute atomic E-state index is 0.168. The molecule has 3 rings (SSSR count). The third-order valence-corrected chi connectivity index (χ3v) is 5.21. The number of aliphatic carboxylic acids is 1. The molecule has 0 bridgehead atoms. The number of carboxylic acid groups (broad SMARTS) is 1. The fourth-order valence-electron chi connectivity index (χ4n) is 3.74. The Kier molecular flexibility index (Phi) is 4.62. The van der Waals surface area contributed by atoms with Crippen molar-refractivity contribution in [1.82, 2.24) is 4.90 Å². The molecule has 0 aliphatic heterocycles. The Balaban J connectivity index is 2.08. The fourth-order valence-corrected chi connectivity index (χ4v) is 3.74. The van der Waals surface area contributed by atoms with Gasteiger partial charge in [0.15, 0.2) is 0 Å². The Labute approximate surface area is 148 Å². The molecule has 1 N–H and O–H groups in total. The Morgan fingerprint density at radius 3 is 2.04 bits per heavy atom. The Morgan fingerprint density at radius 1 is 1.04 bits per heavy atom. The van der Waals surface area contributed by atoms with Crippen molar-refractivity contribution in [3.63, 3.8) is 0 Å². The average Bonchev–Trinajstić information content (AvgIpc) is 3.02. The summed E-state index contributed by atoms with van der Waals surface area (Å²) < 4.78 is 0. The van der Waals surface area contributed by atoms with Crippen LogP contribution in [-0.4, -0.2) is 33.5 Å². The number of rotatable bonds is 5. The summed E-state index contributed by atoms with van der Waals surface area (Å²) in [6, 6.07) is 16.5. The van der Waals surface area contributed by atoms with Crippen LogP contribution in [0.1, 0.15) is 41.8 Å². The van der Waals surface area contributed by atoms with Crippen LogP contribution in [0.4, 0.5) is 0 Å². The molecular formula is C21H23NO3. The molecule has 4 heteroatoms. The molecule has 25 heavy (non-hydrogen) atoms. The highest BCUT2D eigenvalue weighted by Crippen LogP contribution is 2.37. The summed E-state index contributed by atoms with van der Waals surface area (Å²) in [6.07, 6.45) is 1.40. The fraction of sp³-hybridized carbons (Fsp3) is 0.333. The van der Waals surface area contributed by atoms with Gasteiger partial charge < -0.3 is 10.0 Å². The monoisotopic (exact) mass is 337 g/mol. The van der Waals surface area contributed by atoms with E-state index in [1.807, 2.05) is 44.2 Å². The molecule has 0 saturated carbocycles. The van der Waals surface area contributed by atoms with Crippen LogP contribution in [0.5, 0.6) is 0 Å². The van der Waals surface area contributed by atoms with E-state index >= 15 is 0 Å². The van der Waals surface area contributed by atoms with Gasteiger partial charge in [-0.15, -0.1) is 0 Å². The predicted octanol–water partition coefficient (Wildman–Crippen LogP) is 3.55.